The van der Waals surface area contributed by atoms with Gasteiger partial charge in [0, 0.05) is 22.4 Å². The number of fused-ring (bicyclic) bond motifs is 7. The van der Waals surface area contributed by atoms with Gasteiger partial charge < -0.3 is 9.05 Å². The van der Waals surface area contributed by atoms with Crippen LogP contribution in [-0.4, -0.2) is 0 Å². The first-order chi connectivity index (χ1) is 12.9. The van der Waals surface area contributed by atoms with Crippen LogP contribution in [0.1, 0.15) is 11.1 Å². The van der Waals surface area contributed by atoms with Crippen molar-refractivity contribution in [2.75, 3.05) is 0 Å². The number of benzene rings is 4. The van der Waals surface area contributed by atoms with Gasteiger partial charge in [-0.3, -0.25) is 0 Å². The molecule has 3 nitrogen and oxygen atoms in total. The fourth-order valence-electron chi connectivity index (χ4n) is 3.91. The minimum atomic E-state index is -3.83. The highest BCUT2D eigenvalue weighted by molar-refractivity contribution is 7.82. The Morgan fingerprint density at radius 1 is 0.741 bits per heavy atom. The summed E-state index contributed by atoms with van der Waals surface area (Å²) in [5.74, 6) is 1.03. The van der Waals surface area contributed by atoms with E-state index in [4.69, 9.17) is 20.3 Å². The molecule has 1 aliphatic heterocycles. The van der Waals surface area contributed by atoms with Crippen molar-refractivity contribution in [1.29, 1.82) is 0 Å². The van der Waals surface area contributed by atoms with Gasteiger partial charge in [0.2, 0.25) is 0 Å². The number of halogens is 1. The van der Waals surface area contributed by atoms with Crippen LogP contribution in [0, 0.1) is 13.8 Å². The van der Waals surface area contributed by atoms with Gasteiger partial charge in [-0.1, -0.05) is 48.5 Å². The van der Waals surface area contributed by atoms with Crippen molar-refractivity contribution in [1.82, 2.24) is 0 Å². The second kappa shape index (κ2) is 5.76. The predicted octanol–water partition coefficient (Wildman–Crippen LogP) is 7.39. The number of hydrogen-bond acceptors (Lipinski definition) is 3. The largest absolute Gasteiger partial charge is 0.530 e. The van der Waals surface area contributed by atoms with Crippen molar-refractivity contribution in [2.45, 2.75) is 13.8 Å². The third kappa shape index (κ3) is 2.54. The second-order valence-corrected chi connectivity index (χ2v) is 9.32. The zero-order chi connectivity index (χ0) is 18.8. The summed E-state index contributed by atoms with van der Waals surface area (Å²) in [7, 11) is 0. The van der Waals surface area contributed by atoms with Crippen molar-refractivity contribution >= 4 is 39.7 Å². The third-order valence-electron chi connectivity index (χ3n) is 5.03. The molecule has 0 unspecified atom stereocenters. The van der Waals surface area contributed by atoms with Crippen molar-refractivity contribution < 1.29 is 13.6 Å². The van der Waals surface area contributed by atoms with Crippen LogP contribution in [0.4, 0.5) is 0 Å². The second-order valence-electron chi connectivity index (χ2n) is 6.85. The normalized spacial score (nSPS) is 14.8. The van der Waals surface area contributed by atoms with Gasteiger partial charge in [0.25, 0.3) is 0 Å². The topological polar surface area (TPSA) is 35.5 Å². The van der Waals surface area contributed by atoms with Crippen molar-refractivity contribution in [3.05, 3.63) is 71.8 Å². The van der Waals surface area contributed by atoms with E-state index in [2.05, 4.69) is 12.1 Å². The molecular weight excluding hydrogens is 379 g/mol. The molecule has 0 aromatic heterocycles. The van der Waals surface area contributed by atoms with E-state index in [1.807, 2.05) is 62.4 Å². The molecule has 0 radical (unpaired) electrons. The standard InChI is InChI=1S/C22H16ClO3P/c1-13-11-15-7-3-5-9-17(15)19-20-18-10-6-4-8-16(18)12-14(2)22(20)26-27(23,24)25-21(13)19/h3-12H,1-2H3. The van der Waals surface area contributed by atoms with Gasteiger partial charge in [-0.15, -0.1) is 0 Å². The Morgan fingerprint density at radius 3 is 1.59 bits per heavy atom. The summed E-state index contributed by atoms with van der Waals surface area (Å²) in [5, 5.41) is 4.19. The molecule has 4 aromatic carbocycles. The lowest BCUT2D eigenvalue weighted by Gasteiger charge is -2.16. The van der Waals surface area contributed by atoms with E-state index in [9.17, 15) is 4.57 Å². The fourth-order valence-corrected chi connectivity index (χ4v) is 5.26. The van der Waals surface area contributed by atoms with E-state index < -0.39 is 6.95 Å². The van der Waals surface area contributed by atoms with Gasteiger partial charge >= 0.3 is 6.95 Å². The Kier molecular flexibility index (Phi) is 3.56. The molecule has 0 saturated carbocycles. The Bertz CT molecular complexity index is 1200. The summed E-state index contributed by atoms with van der Waals surface area (Å²) in [5.41, 5.74) is 3.48. The number of rotatable bonds is 0. The zero-order valence-corrected chi connectivity index (χ0v) is 16.5. The zero-order valence-electron chi connectivity index (χ0n) is 14.8. The first-order valence-electron chi connectivity index (χ1n) is 8.68. The number of aryl methyl sites for hydroxylation is 2. The van der Waals surface area contributed by atoms with E-state index in [0.717, 1.165) is 43.8 Å². The number of hydrogen-bond donors (Lipinski definition) is 0. The molecular formula is C22H16ClO3P. The summed E-state index contributed by atoms with van der Waals surface area (Å²) in [4.78, 5) is 0. The molecule has 1 aliphatic rings. The van der Waals surface area contributed by atoms with Crippen LogP contribution in [0.2, 0.25) is 0 Å². The van der Waals surface area contributed by atoms with E-state index in [0.29, 0.717) is 11.5 Å². The average Bonchev–Trinajstić information content (AvgIpc) is 2.76. The van der Waals surface area contributed by atoms with Crippen LogP contribution in [-0.2, 0) is 4.57 Å². The Hall–Kier alpha value is -2.48. The fraction of sp³-hybridized carbons (Fsp3) is 0.0909. The molecule has 4 aromatic rings. The van der Waals surface area contributed by atoms with Crippen LogP contribution in [0.3, 0.4) is 0 Å². The predicted molar refractivity (Wildman–Crippen MR) is 111 cm³/mol. The van der Waals surface area contributed by atoms with Gasteiger partial charge in [-0.05, 0) is 58.7 Å². The van der Waals surface area contributed by atoms with Crippen LogP contribution >= 0.6 is 18.2 Å². The Balaban J connectivity index is 2.08. The molecule has 0 amide bonds. The summed E-state index contributed by atoms with van der Waals surface area (Å²) < 4.78 is 24.4. The monoisotopic (exact) mass is 394 g/mol. The first kappa shape index (κ1) is 16.7. The first-order valence-corrected chi connectivity index (χ1v) is 11.1. The minimum Gasteiger partial charge on any atom is -0.404 e. The summed E-state index contributed by atoms with van der Waals surface area (Å²) >= 11 is 6.19. The molecule has 5 rings (SSSR count). The molecule has 1 heterocycles. The summed E-state index contributed by atoms with van der Waals surface area (Å²) in [6.07, 6.45) is 0. The smallest absolute Gasteiger partial charge is 0.404 e. The van der Waals surface area contributed by atoms with E-state index in [-0.39, 0.29) is 0 Å². The molecule has 0 aliphatic carbocycles. The van der Waals surface area contributed by atoms with Crippen LogP contribution in [0.5, 0.6) is 11.5 Å². The molecule has 0 fully saturated rings. The maximum absolute atomic E-state index is 12.9. The molecule has 0 atom stereocenters. The highest BCUT2D eigenvalue weighted by Crippen LogP contribution is 2.62. The quantitative estimate of drug-likeness (QED) is 0.291. The SMILES string of the molecule is Cc1cc2ccccc2c2c1OP(=O)(Cl)Oc1c(C)cc3ccccc3c1-2. The molecule has 0 saturated heterocycles. The van der Waals surface area contributed by atoms with Crippen LogP contribution < -0.4 is 9.05 Å². The van der Waals surface area contributed by atoms with Crippen LogP contribution in [0.25, 0.3) is 32.7 Å². The summed E-state index contributed by atoms with van der Waals surface area (Å²) in [6, 6.07) is 20.2. The maximum atomic E-state index is 12.9. The van der Waals surface area contributed by atoms with Crippen LogP contribution in [0.15, 0.2) is 60.7 Å². The Labute approximate surface area is 161 Å². The molecule has 0 N–H and O–H groups in total. The van der Waals surface area contributed by atoms with Gasteiger partial charge in [0.1, 0.15) is 11.5 Å². The highest BCUT2D eigenvalue weighted by Gasteiger charge is 2.35. The van der Waals surface area contributed by atoms with Gasteiger partial charge in [-0.2, -0.15) is 0 Å². The van der Waals surface area contributed by atoms with Gasteiger partial charge in [0.15, 0.2) is 0 Å². The molecule has 5 heteroatoms. The maximum Gasteiger partial charge on any atom is 0.530 e. The van der Waals surface area contributed by atoms with Crippen molar-refractivity contribution in [2.24, 2.45) is 0 Å². The molecule has 27 heavy (non-hydrogen) atoms. The van der Waals surface area contributed by atoms with E-state index in [1.54, 1.807) is 0 Å². The van der Waals surface area contributed by atoms with Gasteiger partial charge in [0.05, 0.1) is 0 Å². The summed E-state index contributed by atoms with van der Waals surface area (Å²) in [6.45, 7) is 0.0390. The lowest BCUT2D eigenvalue weighted by atomic mass is 9.89. The van der Waals surface area contributed by atoms with E-state index in [1.165, 1.54) is 0 Å². The average molecular weight is 395 g/mol. The lowest BCUT2D eigenvalue weighted by Crippen LogP contribution is -1.95. The molecule has 0 bridgehead atoms. The Morgan fingerprint density at radius 2 is 1.15 bits per heavy atom. The van der Waals surface area contributed by atoms with Crippen molar-refractivity contribution in [3.8, 4) is 22.6 Å². The highest BCUT2D eigenvalue weighted by atomic mass is 35.7. The van der Waals surface area contributed by atoms with Crippen molar-refractivity contribution in [3.63, 3.8) is 0 Å². The molecule has 0 spiro atoms. The van der Waals surface area contributed by atoms with Gasteiger partial charge in [-0.25, -0.2) is 4.57 Å². The lowest BCUT2D eigenvalue weighted by molar-refractivity contribution is 0.410. The third-order valence-corrected chi connectivity index (χ3v) is 6.24. The molecule has 134 valence electrons. The van der Waals surface area contributed by atoms with E-state index >= 15 is 0 Å². The minimum absolute atomic E-state index is 0.515.